The molecule has 0 unspecified atom stereocenters. The fourth-order valence-electron chi connectivity index (χ4n) is 2.33. The molecule has 0 spiro atoms. The lowest BCUT2D eigenvalue weighted by atomic mass is 10.1. The summed E-state index contributed by atoms with van der Waals surface area (Å²) in [6.07, 6.45) is 1.89. The number of nitrogens with one attached hydrogen (secondary N) is 2. The summed E-state index contributed by atoms with van der Waals surface area (Å²) in [6, 6.07) is 5.39. The average Bonchev–Trinajstić information content (AvgIpc) is 2.77. The van der Waals surface area contributed by atoms with Crippen LogP contribution in [0.3, 0.4) is 0 Å². The molecule has 1 amide bonds. The van der Waals surface area contributed by atoms with Gasteiger partial charge in [-0.05, 0) is 36.6 Å². The second kappa shape index (κ2) is 5.77. The number of carbonyl (C=O) groups is 2. The SMILES string of the molecule is CCCC(=O)Nc1ccc2[nH]c(C(=O)O)c(CC)c2c1. The highest BCUT2D eigenvalue weighted by Gasteiger charge is 2.16. The van der Waals surface area contributed by atoms with Crippen molar-refractivity contribution in [1.82, 2.24) is 4.98 Å². The van der Waals surface area contributed by atoms with Crippen LogP contribution in [0.15, 0.2) is 18.2 Å². The standard InChI is InChI=1S/C15H18N2O3/c1-3-5-13(18)16-9-6-7-12-11(8-9)10(4-2)14(17-12)15(19)20/h6-8,17H,3-5H2,1-2H3,(H,16,18)(H,19,20). The van der Waals surface area contributed by atoms with Crippen molar-refractivity contribution in [1.29, 1.82) is 0 Å². The van der Waals surface area contributed by atoms with Crippen LogP contribution in [0.25, 0.3) is 10.9 Å². The third kappa shape index (κ3) is 2.66. The molecule has 3 N–H and O–H groups in total. The van der Waals surface area contributed by atoms with E-state index in [1.54, 1.807) is 12.1 Å². The van der Waals surface area contributed by atoms with Crippen LogP contribution in [-0.4, -0.2) is 22.0 Å². The Labute approximate surface area is 117 Å². The predicted octanol–water partition coefficient (Wildman–Crippen LogP) is 3.17. The smallest absolute Gasteiger partial charge is 0.352 e. The van der Waals surface area contributed by atoms with E-state index in [1.807, 2.05) is 19.9 Å². The summed E-state index contributed by atoms with van der Waals surface area (Å²) in [6.45, 7) is 3.86. The number of benzene rings is 1. The molecule has 106 valence electrons. The molecule has 0 fully saturated rings. The first-order chi connectivity index (χ1) is 9.56. The minimum absolute atomic E-state index is 0.0288. The molecule has 0 aliphatic carbocycles. The molecule has 0 radical (unpaired) electrons. The summed E-state index contributed by atoms with van der Waals surface area (Å²) < 4.78 is 0. The molecular formula is C15H18N2O3. The van der Waals surface area contributed by atoms with E-state index in [0.717, 1.165) is 22.9 Å². The van der Waals surface area contributed by atoms with E-state index < -0.39 is 5.97 Å². The molecule has 0 aliphatic rings. The van der Waals surface area contributed by atoms with Gasteiger partial charge in [0.05, 0.1) is 0 Å². The Bertz CT molecular complexity index is 658. The zero-order valence-electron chi connectivity index (χ0n) is 11.6. The van der Waals surface area contributed by atoms with Gasteiger partial charge < -0.3 is 15.4 Å². The van der Waals surface area contributed by atoms with Gasteiger partial charge in [-0.15, -0.1) is 0 Å². The largest absolute Gasteiger partial charge is 0.477 e. The molecule has 0 atom stereocenters. The minimum Gasteiger partial charge on any atom is -0.477 e. The Morgan fingerprint density at radius 3 is 2.65 bits per heavy atom. The second-order valence-electron chi connectivity index (χ2n) is 4.70. The second-order valence-corrected chi connectivity index (χ2v) is 4.70. The third-order valence-corrected chi connectivity index (χ3v) is 3.23. The topological polar surface area (TPSA) is 82.2 Å². The highest BCUT2D eigenvalue weighted by molar-refractivity contribution is 6.00. The van der Waals surface area contributed by atoms with Crippen molar-refractivity contribution in [3.8, 4) is 0 Å². The van der Waals surface area contributed by atoms with Gasteiger partial charge >= 0.3 is 5.97 Å². The number of carboxylic acids is 1. The summed E-state index contributed by atoms with van der Waals surface area (Å²) in [5.74, 6) is -0.992. The van der Waals surface area contributed by atoms with Crippen molar-refractivity contribution in [2.24, 2.45) is 0 Å². The quantitative estimate of drug-likeness (QED) is 0.783. The first-order valence-corrected chi connectivity index (χ1v) is 6.74. The van der Waals surface area contributed by atoms with E-state index in [-0.39, 0.29) is 11.6 Å². The number of anilines is 1. The molecule has 0 saturated carbocycles. The first kappa shape index (κ1) is 14.1. The number of rotatable bonds is 5. The van der Waals surface area contributed by atoms with E-state index in [4.69, 9.17) is 0 Å². The van der Waals surface area contributed by atoms with Crippen molar-refractivity contribution >= 4 is 28.5 Å². The van der Waals surface area contributed by atoms with Crippen LogP contribution in [-0.2, 0) is 11.2 Å². The average molecular weight is 274 g/mol. The summed E-state index contributed by atoms with van der Waals surface area (Å²) in [7, 11) is 0. The van der Waals surface area contributed by atoms with Gasteiger partial charge in [-0.25, -0.2) is 4.79 Å². The molecule has 5 heteroatoms. The first-order valence-electron chi connectivity index (χ1n) is 6.74. The number of aromatic nitrogens is 1. The van der Waals surface area contributed by atoms with Gasteiger partial charge in [0.1, 0.15) is 5.69 Å². The molecule has 0 bridgehead atoms. The van der Waals surface area contributed by atoms with Gasteiger partial charge in [0.2, 0.25) is 5.91 Å². The summed E-state index contributed by atoms with van der Waals surface area (Å²) in [4.78, 5) is 25.7. The molecule has 1 aromatic carbocycles. The number of fused-ring (bicyclic) bond motifs is 1. The van der Waals surface area contributed by atoms with Gasteiger partial charge in [-0.3, -0.25) is 4.79 Å². The maximum Gasteiger partial charge on any atom is 0.352 e. The third-order valence-electron chi connectivity index (χ3n) is 3.23. The van der Waals surface area contributed by atoms with E-state index in [0.29, 0.717) is 18.5 Å². The number of aromatic carboxylic acids is 1. The van der Waals surface area contributed by atoms with Crippen molar-refractivity contribution in [2.75, 3.05) is 5.32 Å². The maximum absolute atomic E-state index is 11.6. The number of aryl methyl sites for hydroxylation is 1. The molecule has 1 aromatic heterocycles. The molecule has 20 heavy (non-hydrogen) atoms. The number of hydrogen-bond acceptors (Lipinski definition) is 2. The Morgan fingerprint density at radius 2 is 2.05 bits per heavy atom. The van der Waals surface area contributed by atoms with Gasteiger partial charge in [0.15, 0.2) is 0 Å². The number of carboxylic acid groups (broad SMARTS) is 1. The van der Waals surface area contributed by atoms with Crippen molar-refractivity contribution in [2.45, 2.75) is 33.1 Å². The van der Waals surface area contributed by atoms with Crippen LogP contribution in [0, 0.1) is 0 Å². The normalized spacial score (nSPS) is 10.7. The van der Waals surface area contributed by atoms with Crippen LogP contribution in [0.2, 0.25) is 0 Å². The minimum atomic E-state index is -0.963. The fraction of sp³-hybridized carbons (Fsp3) is 0.333. The van der Waals surface area contributed by atoms with E-state index in [9.17, 15) is 14.7 Å². The molecule has 2 aromatic rings. The number of hydrogen-bond donors (Lipinski definition) is 3. The van der Waals surface area contributed by atoms with E-state index >= 15 is 0 Å². The van der Waals surface area contributed by atoms with Crippen LogP contribution in [0.5, 0.6) is 0 Å². The Balaban J connectivity index is 2.42. The van der Waals surface area contributed by atoms with Crippen molar-refractivity contribution in [3.05, 3.63) is 29.5 Å². The number of amides is 1. The lowest BCUT2D eigenvalue weighted by Crippen LogP contribution is -2.10. The summed E-state index contributed by atoms with van der Waals surface area (Å²) in [5, 5.41) is 12.9. The Morgan fingerprint density at radius 1 is 1.30 bits per heavy atom. The Hall–Kier alpha value is -2.30. The zero-order chi connectivity index (χ0) is 14.7. The van der Waals surface area contributed by atoms with Crippen LogP contribution < -0.4 is 5.32 Å². The van der Waals surface area contributed by atoms with Gasteiger partial charge in [0.25, 0.3) is 0 Å². The monoisotopic (exact) mass is 274 g/mol. The lowest BCUT2D eigenvalue weighted by Gasteiger charge is -2.05. The lowest BCUT2D eigenvalue weighted by molar-refractivity contribution is -0.116. The number of H-pyrrole nitrogens is 1. The van der Waals surface area contributed by atoms with Gasteiger partial charge in [0, 0.05) is 23.0 Å². The highest BCUT2D eigenvalue weighted by Crippen LogP contribution is 2.26. The van der Waals surface area contributed by atoms with E-state index in [2.05, 4.69) is 10.3 Å². The molecule has 1 heterocycles. The maximum atomic E-state index is 11.6. The van der Waals surface area contributed by atoms with Crippen LogP contribution in [0.1, 0.15) is 42.7 Å². The van der Waals surface area contributed by atoms with Gasteiger partial charge in [-0.1, -0.05) is 13.8 Å². The number of aromatic amines is 1. The predicted molar refractivity (Wildman–Crippen MR) is 78.2 cm³/mol. The van der Waals surface area contributed by atoms with E-state index in [1.165, 1.54) is 0 Å². The fourth-order valence-corrected chi connectivity index (χ4v) is 2.33. The Kier molecular flexibility index (Phi) is 4.08. The number of carbonyl (C=O) groups excluding carboxylic acids is 1. The van der Waals surface area contributed by atoms with Crippen molar-refractivity contribution in [3.63, 3.8) is 0 Å². The summed E-state index contributed by atoms with van der Waals surface area (Å²) >= 11 is 0. The highest BCUT2D eigenvalue weighted by atomic mass is 16.4. The zero-order valence-corrected chi connectivity index (χ0v) is 11.6. The molecule has 0 saturated heterocycles. The molecule has 2 rings (SSSR count). The van der Waals surface area contributed by atoms with Crippen molar-refractivity contribution < 1.29 is 14.7 Å². The van der Waals surface area contributed by atoms with Crippen LogP contribution >= 0.6 is 0 Å². The molecule has 5 nitrogen and oxygen atoms in total. The molecule has 0 aliphatic heterocycles. The molecular weight excluding hydrogens is 256 g/mol. The summed E-state index contributed by atoms with van der Waals surface area (Å²) in [5.41, 5.74) is 2.45. The van der Waals surface area contributed by atoms with Crippen LogP contribution in [0.4, 0.5) is 5.69 Å². The van der Waals surface area contributed by atoms with Gasteiger partial charge in [-0.2, -0.15) is 0 Å².